The van der Waals surface area contributed by atoms with Gasteiger partial charge in [0.2, 0.25) is 0 Å². The van der Waals surface area contributed by atoms with Crippen molar-refractivity contribution in [2.45, 2.75) is 51.1 Å². The van der Waals surface area contributed by atoms with E-state index in [1.54, 1.807) is 0 Å². The Balaban J connectivity index is 2.22. The van der Waals surface area contributed by atoms with Gasteiger partial charge in [0.15, 0.2) is 0 Å². The number of aliphatic hydroxyl groups excluding tert-OH is 1. The number of hydrogen-bond donors (Lipinski definition) is 2. The van der Waals surface area contributed by atoms with E-state index in [0.29, 0.717) is 0 Å². The Morgan fingerprint density at radius 3 is 2.79 bits per heavy atom. The van der Waals surface area contributed by atoms with E-state index < -0.39 is 0 Å². The lowest BCUT2D eigenvalue weighted by Crippen LogP contribution is -2.44. The van der Waals surface area contributed by atoms with Crippen LogP contribution in [-0.4, -0.2) is 73.4 Å². The third-order valence-corrected chi connectivity index (χ3v) is 4.65. The fourth-order valence-corrected chi connectivity index (χ4v) is 2.99. The molecule has 1 aliphatic heterocycles. The van der Waals surface area contributed by atoms with Crippen molar-refractivity contribution in [2.75, 3.05) is 46.9 Å². The topological polar surface area (TPSA) is 38.7 Å². The molecule has 1 saturated heterocycles. The summed E-state index contributed by atoms with van der Waals surface area (Å²) in [5.41, 5.74) is -0.121. The number of hydrogen-bond acceptors (Lipinski definition) is 4. The van der Waals surface area contributed by atoms with Crippen LogP contribution in [0.25, 0.3) is 0 Å². The number of likely N-dealkylation sites (tertiary alicyclic amines) is 1. The second-order valence-electron chi connectivity index (χ2n) is 6.26. The van der Waals surface area contributed by atoms with Crippen LogP contribution >= 0.6 is 0 Å². The summed E-state index contributed by atoms with van der Waals surface area (Å²) in [7, 11) is 4.15. The zero-order chi connectivity index (χ0) is 14.3. The molecule has 1 rings (SSSR count). The number of nitrogens with zero attached hydrogens (tertiary/aromatic N) is 2. The van der Waals surface area contributed by atoms with Crippen LogP contribution in [0.2, 0.25) is 0 Å². The van der Waals surface area contributed by atoms with Gasteiger partial charge >= 0.3 is 0 Å². The quantitative estimate of drug-likeness (QED) is 0.660. The Kier molecular flexibility index (Phi) is 7.29. The van der Waals surface area contributed by atoms with E-state index in [2.05, 4.69) is 36.0 Å². The largest absolute Gasteiger partial charge is 0.394 e. The van der Waals surface area contributed by atoms with Gasteiger partial charge in [0.05, 0.1) is 6.61 Å². The fourth-order valence-electron chi connectivity index (χ4n) is 2.99. The lowest BCUT2D eigenvalue weighted by Gasteiger charge is -2.30. The van der Waals surface area contributed by atoms with Crippen molar-refractivity contribution in [3.05, 3.63) is 0 Å². The van der Waals surface area contributed by atoms with Crippen LogP contribution in [0.3, 0.4) is 0 Å². The number of likely N-dealkylation sites (N-methyl/N-ethyl adjacent to an activating group) is 3. The average molecular weight is 271 g/mol. The highest BCUT2D eigenvalue weighted by Crippen LogP contribution is 2.18. The first-order valence-electron chi connectivity index (χ1n) is 7.77. The molecule has 0 aliphatic carbocycles. The smallest absolute Gasteiger partial charge is 0.0610 e. The van der Waals surface area contributed by atoms with Gasteiger partial charge < -0.3 is 15.3 Å². The van der Waals surface area contributed by atoms with E-state index in [0.717, 1.165) is 25.4 Å². The third-order valence-electron chi connectivity index (χ3n) is 4.65. The van der Waals surface area contributed by atoms with Gasteiger partial charge in [-0.1, -0.05) is 6.92 Å². The van der Waals surface area contributed by atoms with Gasteiger partial charge in [-0.2, -0.15) is 0 Å². The molecule has 1 aliphatic rings. The molecule has 0 spiro atoms. The molecular formula is C15H33N3O. The molecule has 4 heteroatoms. The molecule has 2 atom stereocenters. The molecule has 1 heterocycles. The highest BCUT2D eigenvalue weighted by Gasteiger charge is 2.24. The molecule has 0 aromatic heterocycles. The molecule has 0 bridgehead atoms. The van der Waals surface area contributed by atoms with Gasteiger partial charge in [-0.3, -0.25) is 4.90 Å². The predicted octanol–water partition coefficient (Wildman–Crippen LogP) is 1.15. The van der Waals surface area contributed by atoms with Crippen LogP contribution in [0, 0.1) is 0 Å². The monoisotopic (exact) mass is 271 g/mol. The van der Waals surface area contributed by atoms with E-state index in [9.17, 15) is 5.11 Å². The summed E-state index contributed by atoms with van der Waals surface area (Å²) in [4.78, 5) is 5.05. The Labute approximate surface area is 119 Å². The maximum atomic E-state index is 9.36. The third kappa shape index (κ3) is 5.38. The summed E-state index contributed by atoms with van der Waals surface area (Å²) in [5, 5.41) is 12.6. The Hall–Kier alpha value is -0.160. The minimum atomic E-state index is -0.121. The highest BCUT2D eigenvalue weighted by atomic mass is 16.3. The molecule has 1 fully saturated rings. The summed E-state index contributed by atoms with van der Waals surface area (Å²) in [5.74, 6) is 0. The SMILES string of the molecule is CCN1CCCC1CN(C)CCCC(C)(CO)NC. The van der Waals surface area contributed by atoms with Crippen LogP contribution in [0.4, 0.5) is 0 Å². The van der Waals surface area contributed by atoms with Crippen molar-refractivity contribution in [2.24, 2.45) is 0 Å². The van der Waals surface area contributed by atoms with Crippen LogP contribution in [0.5, 0.6) is 0 Å². The first kappa shape index (κ1) is 16.9. The highest BCUT2D eigenvalue weighted by molar-refractivity contribution is 4.82. The van der Waals surface area contributed by atoms with Crippen molar-refractivity contribution < 1.29 is 5.11 Å². The van der Waals surface area contributed by atoms with Gasteiger partial charge in [-0.25, -0.2) is 0 Å². The minimum Gasteiger partial charge on any atom is -0.394 e. The molecule has 0 radical (unpaired) electrons. The Morgan fingerprint density at radius 1 is 1.47 bits per heavy atom. The summed E-state index contributed by atoms with van der Waals surface area (Å²) < 4.78 is 0. The number of aliphatic hydroxyl groups is 1. The molecule has 4 nitrogen and oxygen atoms in total. The molecule has 2 N–H and O–H groups in total. The van der Waals surface area contributed by atoms with Crippen molar-refractivity contribution >= 4 is 0 Å². The van der Waals surface area contributed by atoms with Crippen molar-refractivity contribution in [1.82, 2.24) is 15.1 Å². The second-order valence-corrected chi connectivity index (χ2v) is 6.26. The molecule has 0 saturated carbocycles. The summed E-state index contributed by atoms with van der Waals surface area (Å²) >= 11 is 0. The normalized spacial score (nSPS) is 24.0. The molecule has 0 aromatic rings. The molecule has 0 aromatic carbocycles. The zero-order valence-corrected chi connectivity index (χ0v) is 13.3. The molecule has 114 valence electrons. The average Bonchev–Trinajstić information content (AvgIpc) is 2.85. The van der Waals surface area contributed by atoms with E-state index in [1.807, 2.05) is 7.05 Å². The van der Waals surface area contributed by atoms with Crippen LogP contribution in [0.1, 0.15) is 39.5 Å². The molecule has 19 heavy (non-hydrogen) atoms. The van der Waals surface area contributed by atoms with Crippen LogP contribution < -0.4 is 5.32 Å². The fraction of sp³-hybridized carbons (Fsp3) is 1.00. The first-order valence-corrected chi connectivity index (χ1v) is 7.77. The van der Waals surface area contributed by atoms with Gasteiger partial charge in [0.25, 0.3) is 0 Å². The summed E-state index contributed by atoms with van der Waals surface area (Å²) in [6, 6.07) is 0.753. The molecule has 2 unspecified atom stereocenters. The number of nitrogens with one attached hydrogen (secondary N) is 1. The Bertz CT molecular complexity index is 244. The Morgan fingerprint density at radius 2 is 2.21 bits per heavy atom. The van der Waals surface area contributed by atoms with Crippen LogP contribution in [-0.2, 0) is 0 Å². The summed E-state index contributed by atoms with van der Waals surface area (Å²) in [6.45, 7) is 9.31. The lowest BCUT2D eigenvalue weighted by atomic mass is 9.97. The maximum Gasteiger partial charge on any atom is 0.0610 e. The first-order chi connectivity index (χ1) is 9.04. The molecular weight excluding hydrogens is 238 g/mol. The predicted molar refractivity (Wildman–Crippen MR) is 81.6 cm³/mol. The van der Waals surface area contributed by atoms with Gasteiger partial charge in [-0.15, -0.1) is 0 Å². The van der Waals surface area contributed by atoms with Gasteiger partial charge in [0.1, 0.15) is 0 Å². The standard InChI is InChI=1S/C15H33N3O/c1-5-18-11-6-8-14(18)12-17(4)10-7-9-15(2,13-19)16-3/h14,16,19H,5-13H2,1-4H3. The van der Waals surface area contributed by atoms with Gasteiger partial charge in [0, 0.05) is 18.1 Å². The van der Waals surface area contributed by atoms with Crippen LogP contribution in [0.15, 0.2) is 0 Å². The minimum absolute atomic E-state index is 0.121. The maximum absolute atomic E-state index is 9.36. The van der Waals surface area contributed by atoms with E-state index >= 15 is 0 Å². The second kappa shape index (κ2) is 8.20. The van der Waals surface area contributed by atoms with Crippen molar-refractivity contribution in [3.63, 3.8) is 0 Å². The lowest BCUT2D eigenvalue weighted by molar-refractivity contribution is 0.159. The van der Waals surface area contributed by atoms with Crippen molar-refractivity contribution in [3.8, 4) is 0 Å². The zero-order valence-electron chi connectivity index (χ0n) is 13.3. The number of rotatable bonds is 9. The van der Waals surface area contributed by atoms with E-state index in [4.69, 9.17) is 0 Å². The van der Waals surface area contributed by atoms with E-state index in [1.165, 1.54) is 32.5 Å². The van der Waals surface area contributed by atoms with Crippen molar-refractivity contribution in [1.29, 1.82) is 0 Å². The molecule has 0 amide bonds. The van der Waals surface area contributed by atoms with E-state index in [-0.39, 0.29) is 12.1 Å². The summed E-state index contributed by atoms with van der Waals surface area (Å²) in [6.07, 6.45) is 4.86. The van der Waals surface area contributed by atoms with Gasteiger partial charge in [-0.05, 0) is 66.3 Å².